The van der Waals surface area contributed by atoms with Gasteiger partial charge in [-0.25, -0.2) is 9.82 Å². The zero-order valence-electron chi connectivity index (χ0n) is 13.9. The third-order valence-corrected chi connectivity index (χ3v) is 3.48. The first-order valence-corrected chi connectivity index (χ1v) is 7.81. The second-order valence-electron chi connectivity index (χ2n) is 5.41. The number of hydrazone groups is 1. The molecule has 0 radical (unpaired) electrons. The largest absolute Gasteiger partial charge is 0.489 e. The van der Waals surface area contributed by atoms with Gasteiger partial charge in [-0.2, -0.15) is 5.10 Å². The Hall–Kier alpha value is -3.55. The monoisotopic (exact) mass is 353 g/mol. The number of anilines is 1. The molecule has 0 atom stereocenters. The number of nitrogens with one attached hydrogen (secondary N) is 2. The van der Waals surface area contributed by atoms with Gasteiger partial charge in [-0.3, -0.25) is 9.78 Å². The number of nitrogens with zero attached hydrogens (tertiary/aromatic N) is 3. The summed E-state index contributed by atoms with van der Waals surface area (Å²) in [5, 5.41) is 11.4. The zero-order valence-corrected chi connectivity index (χ0v) is 13.9. The standard InChI is InChI=1S/C18H16FN5O2/c1-12-17(25)21-18(24-22-12)23-20-10-13-6-8-15(9-7-13)26-11-14-4-2-3-5-16(14)19/h2-10H,11H2,1H3,(H2,21,23,24,25)/b20-10+. The summed E-state index contributed by atoms with van der Waals surface area (Å²) >= 11 is 0. The maximum absolute atomic E-state index is 13.5. The van der Waals surface area contributed by atoms with E-state index in [1.807, 2.05) is 0 Å². The lowest BCUT2D eigenvalue weighted by atomic mass is 10.2. The molecule has 0 unspecified atom stereocenters. The van der Waals surface area contributed by atoms with E-state index in [9.17, 15) is 9.18 Å². The highest BCUT2D eigenvalue weighted by Crippen LogP contribution is 2.15. The van der Waals surface area contributed by atoms with Crippen LogP contribution >= 0.6 is 0 Å². The fourth-order valence-corrected chi connectivity index (χ4v) is 2.04. The third-order valence-electron chi connectivity index (χ3n) is 3.48. The molecule has 1 heterocycles. The smallest absolute Gasteiger partial charge is 0.274 e. The molecule has 2 aromatic carbocycles. The van der Waals surface area contributed by atoms with Crippen molar-refractivity contribution in [2.45, 2.75) is 13.5 Å². The van der Waals surface area contributed by atoms with Crippen molar-refractivity contribution in [3.8, 4) is 5.75 Å². The molecule has 3 aromatic rings. The Morgan fingerprint density at radius 1 is 1.19 bits per heavy atom. The number of H-pyrrole nitrogens is 1. The number of benzene rings is 2. The minimum atomic E-state index is -0.325. The Morgan fingerprint density at radius 3 is 2.69 bits per heavy atom. The van der Waals surface area contributed by atoms with E-state index in [0.29, 0.717) is 11.3 Å². The summed E-state index contributed by atoms with van der Waals surface area (Å²) in [6.07, 6.45) is 1.56. The van der Waals surface area contributed by atoms with E-state index in [2.05, 4.69) is 25.7 Å². The molecule has 0 spiro atoms. The van der Waals surface area contributed by atoms with Crippen LogP contribution in [0.3, 0.4) is 0 Å². The maximum atomic E-state index is 13.5. The Balaban J connectivity index is 1.56. The van der Waals surface area contributed by atoms with Crippen molar-refractivity contribution < 1.29 is 9.13 Å². The lowest BCUT2D eigenvalue weighted by molar-refractivity contribution is 0.300. The SMILES string of the molecule is Cc1nnc(N/N=C/c2ccc(OCc3ccccc3F)cc2)[nH]c1=O. The van der Waals surface area contributed by atoms with Gasteiger partial charge in [-0.05, 0) is 42.8 Å². The summed E-state index contributed by atoms with van der Waals surface area (Å²) in [6.45, 7) is 1.72. The molecule has 0 saturated heterocycles. The van der Waals surface area contributed by atoms with E-state index >= 15 is 0 Å². The minimum Gasteiger partial charge on any atom is -0.489 e. The predicted molar refractivity (Wildman–Crippen MR) is 95.8 cm³/mol. The molecule has 3 rings (SSSR count). The van der Waals surface area contributed by atoms with E-state index in [1.165, 1.54) is 6.07 Å². The first kappa shape index (κ1) is 17.3. The van der Waals surface area contributed by atoms with Crippen molar-refractivity contribution in [2.75, 3.05) is 5.43 Å². The normalized spacial score (nSPS) is 10.8. The number of aromatic nitrogens is 3. The number of hydrogen-bond acceptors (Lipinski definition) is 6. The van der Waals surface area contributed by atoms with E-state index in [0.717, 1.165) is 5.56 Å². The van der Waals surface area contributed by atoms with Gasteiger partial charge in [0.2, 0.25) is 5.95 Å². The Labute approximate surface area is 148 Å². The summed E-state index contributed by atoms with van der Waals surface area (Å²) in [6, 6.07) is 13.6. The van der Waals surface area contributed by atoms with Gasteiger partial charge in [0.1, 0.15) is 23.9 Å². The molecule has 0 aliphatic heterocycles. The molecule has 1 aromatic heterocycles. The molecule has 7 nitrogen and oxygen atoms in total. The Bertz CT molecular complexity index is 970. The number of ether oxygens (including phenoxy) is 1. The van der Waals surface area contributed by atoms with E-state index < -0.39 is 0 Å². The molecule has 26 heavy (non-hydrogen) atoms. The van der Waals surface area contributed by atoms with E-state index in [4.69, 9.17) is 4.74 Å². The van der Waals surface area contributed by atoms with Crippen LogP contribution in [0.25, 0.3) is 0 Å². The number of aromatic amines is 1. The number of halogens is 1. The second kappa shape index (κ2) is 8.02. The highest BCUT2D eigenvalue weighted by atomic mass is 19.1. The molecule has 132 valence electrons. The summed E-state index contributed by atoms with van der Waals surface area (Å²) in [7, 11) is 0. The lowest BCUT2D eigenvalue weighted by Crippen LogP contribution is -2.15. The van der Waals surface area contributed by atoms with Crippen molar-refractivity contribution in [1.82, 2.24) is 15.2 Å². The van der Waals surface area contributed by atoms with Crippen LogP contribution in [-0.2, 0) is 6.61 Å². The molecular formula is C18H16FN5O2. The molecule has 8 heteroatoms. The van der Waals surface area contributed by atoms with Crippen molar-refractivity contribution in [3.63, 3.8) is 0 Å². The van der Waals surface area contributed by atoms with E-state index in [1.54, 1.807) is 55.6 Å². The molecule has 0 bridgehead atoms. The number of hydrogen-bond donors (Lipinski definition) is 2. The number of aryl methyl sites for hydroxylation is 1. The van der Waals surface area contributed by atoms with Gasteiger partial charge < -0.3 is 4.74 Å². The Kier molecular flexibility index (Phi) is 5.33. The predicted octanol–water partition coefficient (Wildman–Crippen LogP) is 2.64. The summed E-state index contributed by atoms with van der Waals surface area (Å²) in [5.41, 5.74) is 3.85. The van der Waals surface area contributed by atoms with Crippen LogP contribution in [0.5, 0.6) is 5.75 Å². The fraction of sp³-hybridized carbons (Fsp3) is 0.111. The van der Waals surface area contributed by atoms with Crippen LogP contribution in [0.1, 0.15) is 16.8 Å². The fourth-order valence-electron chi connectivity index (χ4n) is 2.04. The van der Waals surface area contributed by atoms with Gasteiger partial charge in [0.15, 0.2) is 0 Å². The van der Waals surface area contributed by atoms with Crippen LogP contribution in [0.2, 0.25) is 0 Å². The summed E-state index contributed by atoms with van der Waals surface area (Å²) in [4.78, 5) is 13.9. The average Bonchev–Trinajstić information content (AvgIpc) is 2.65. The minimum absolute atomic E-state index is 0.154. The second-order valence-corrected chi connectivity index (χ2v) is 5.41. The van der Waals surface area contributed by atoms with Crippen LogP contribution < -0.4 is 15.7 Å². The molecule has 2 N–H and O–H groups in total. The van der Waals surface area contributed by atoms with Crippen LogP contribution in [0.15, 0.2) is 58.4 Å². The van der Waals surface area contributed by atoms with Crippen molar-refractivity contribution in [2.24, 2.45) is 5.10 Å². The molecule has 0 aliphatic rings. The third kappa shape index (κ3) is 4.50. The van der Waals surface area contributed by atoms with Crippen LogP contribution in [-0.4, -0.2) is 21.4 Å². The lowest BCUT2D eigenvalue weighted by Gasteiger charge is -2.07. The quantitative estimate of drug-likeness (QED) is 0.525. The van der Waals surface area contributed by atoms with E-state index in [-0.39, 0.29) is 29.6 Å². The van der Waals surface area contributed by atoms with Crippen molar-refractivity contribution in [1.29, 1.82) is 0 Å². The Morgan fingerprint density at radius 2 is 1.96 bits per heavy atom. The molecule has 0 aliphatic carbocycles. The highest BCUT2D eigenvalue weighted by molar-refractivity contribution is 5.80. The first-order valence-electron chi connectivity index (χ1n) is 7.81. The van der Waals surface area contributed by atoms with Gasteiger partial charge in [-0.1, -0.05) is 18.2 Å². The first-order chi connectivity index (χ1) is 12.6. The van der Waals surface area contributed by atoms with Crippen LogP contribution in [0, 0.1) is 12.7 Å². The molecule has 0 amide bonds. The molecular weight excluding hydrogens is 337 g/mol. The zero-order chi connectivity index (χ0) is 18.4. The number of rotatable bonds is 6. The topological polar surface area (TPSA) is 92.3 Å². The molecule has 0 fully saturated rings. The summed E-state index contributed by atoms with van der Waals surface area (Å²) < 4.78 is 19.1. The van der Waals surface area contributed by atoms with Gasteiger partial charge in [0.05, 0.1) is 6.21 Å². The maximum Gasteiger partial charge on any atom is 0.274 e. The van der Waals surface area contributed by atoms with Gasteiger partial charge in [-0.15, -0.1) is 10.2 Å². The van der Waals surface area contributed by atoms with Gasteiger partial charge in [0, 0.05) is 5.56 Å². The molecule has 0 saturated carbocycles. The van der Waals surface area contributed by atoms with Gasteiger partial charge in [0.25, 0.3) is 5.56 Å². The average molecular weight is 353 g/mol. The van der Waals surface area contributed by atoms with Gasteiger partial charge >= 0.3 is 0 Å². The van der Waals surface area contributed by atoms with Crippen molar-refractivity contribution >= 4 is 12.2 Å². The van der Waals surface area contributed by atoms with Crippen molar-refractivity contribution in [3.05, 3.63) is 81.5 Å². The highest BCUT2D eigenvalue weighted by Gasteiger charge is 2.02. The van der Waals surface area contributed by atoms with Crippen LogP contribution in [0.4, 0.5) is 10.3 Å². The summed E-state index contributed by atoms with van der Waals surface area (Å²) in [5.74, 6) is 0.480.